The lowest BCUT2D eigenvalue weighted by Crippen LogP contribution is -2.41. The molecule has 4 aromatic carbocycles. The number of esters is 1. The first-order valence-corrected chi connectivity index (χ1v) is 16.2. The van der Waals surface area contributed by atoms with Crippen molar-refractivity contribution in [1.82, 2.24) is 9.88 Å². The maximum absolute atomic E-state index is 14.9. The summed E-state index contributed by atoms with van der Waals surface area (Å²) in [4.78, 5) is 57.6. The van der Waals surface area contributed by atoms with Crippen molar-refractivity contribution >= 4 is 40.1 Å². The molecule has 250 valence electrons. The van der Waals surface area contributed by atoms with E-state index in [-0.39, 0.29) is 43.7 Å². The second kappa shape index (κ2) is 14.5. The highest BCUT2D eigenvalue weighted by atomic mass is 16.5. The fraction of sp³-hybridized carbons (Fsp3) is 0.231. The number of hydrogen-bond donors (Lipinski definition) is 3. The van der Waals surface area contributed by atoms with Crippen LogP contribution < -0.4 is 16.2 Å². The molecule has 3 N–H and O–H groups in total. The second-order valence-electron chi connectivity index (χ2n) is 12.2. The molecule has 0 saturated carbocycles. The number of benzene rings is 4. The first kappa shape index (κ1) is 33.0. The van der Waals surface area contributed by atoms with E-state index in [1.165, 1.54) is 4.90 Å². The average molecular weight is 659 g/mol. The highest BCUT2D eigenvalue weighted by Crippen LogP contribution is 2.32. The molecule has 7 rings (SSSR count). The van der Waals surface area contributed by atoms with E-state index in [9.17, 15) is 19.2 Å². The molecule has 2 atom stereocenters. The zero-order valence-electron chi connectivity index (χ0n) is 27.6. The van der Waals surface area contributed by atoms with E-state index in [1.54, 1.807) is 31.3 Å². The molecular weight excluding hydrogens is 620 g/mol. The number of aryl methyl sites for hydroxylation is 1. The van der Waals surface area contributed by atoms with Gasteiger partial charge in [-0.05, 0) is 82.9 Å². The molecule has 2 aliphatic heterocycles. The third kappa shape index (κ3) is 7.49. The number of nitrogens with one attached hydrogen (secondary N) is 3. The van der Waals surface area contributed by atoms with Crippen LogP contribution in [0.1, 0.15) is 48.1 Å². The van der Waals surface area contributed by atoms with E-state index in [2.05, 4.69) is 15.6 Å². The van der Waals surface area contributed by atoms with Crippen molar-refractivity contribution in [3.63, 3.8) is 0 Å². The smallest absolute Gasteiger partial charge is 0.411 e. The van der Waals surface area contributed by atoms with E-state index in [0.717, 1.165) is 27.6 Å². The van der Waals surface area contributed by atoms with Crippen molar-refractivity contribution in [2.24, 2.45) is 0 Å². The van der Waals surface area contributed by atoms with Gasteiger partial charge in [-0.25, -0.2) is 4.79 Å². The Kier molecular flexibility index (Phi) is 9.75. The van der Waals surface area contributed by atoms with E-state index >= 15 is 0 Å². The summed E-state index contributed by atoms with van der Waals surface area (Å²) in [7, 11) is 0. The van der Waals surface area contributed by atoms with Gasteiger partial charge in [-0.1, -0.05) is 67.6 Å². The summed E-state index contributed by atoms with van der Waals surface area (Å²) < 4.78 is 10.9. The van der Waals surface area contributed by atoms with Gasteiger partial charge in [0.25, 0.3) is 11.5 Å². The Labute approximate surface area is 284 Å². The number of H-pyrrole nitrogens is 1. The van der Waals surface area contributed by atoms with Crippen molar-refractivity contribution in [3.8, 4) is 11.1 Å². The number of amides is 2. The Balaban J connectivity index is 1.50. The summed E-state index contributed by atoms with van der Waals surface area (Å²) in [5, 5.41) is 7.44. The summed E-state index contributed by atoms with van der Waals surface area (Å²) in [6.07, 6.45) is 1.00. The second-order valence-corrected chi connectivity index (χ2v) is 12.2. The summed E-state index contributed by atoms with van der Waals surface area (Å²) in [5.74, 6) is -1.06. The molecule has 2 amide bonds. The molecule has 1 aromatic heterocycles. The van der Waals surface area contributed by atoms with Crippen molar-refractivity contribution in [2.45, 2.75) is 39.3 Å². The minimum atomic E-state index is -0.940. The SMILES string of the molecule is CCOC(=O)CN1Cc2cc(ccc2-c2ccccc2)NC(=O)OC[C@H](C)c2ccc(cc2C)[C@@H](Nc2ccc3cc[nH]c(=O)c3c2)C1=O. The molecule has 0 spiro atoms. The predicted octanol–water partition coefficient (Wildman–Crippen LogP) is 6.91. The standard InChI is InChI=1S/C39H38N4O6/c1-4-48-35(44)22-43-21-29-19-30(13-15-33(29)26-8-6-5-7-9-26)42-39(47)49-23-25(3)32-14-11-28(18-24(32)2)36(38(43)46)41-31-12-10-27-16-17-40-37(45)34(27)20-31/h5-20,25,36,41H,4,21-23H2,1-3H3,(H,40,45)(H,42,47)/t25-,36+/m0/s1. The monoisotopic (exact) mass is 658 g/mol. The number of fused-ring (bicyclic) bond motifs is 10. The Morgan fingerprint density at radius 3 is 2.57 bits per heavy atom. The van der Waals surface area contributed by atoms with E-state index in [0.29, 0.717) is 27.9 Å². The first-order chi connectivity index (χ1) is 23.7. The molecule has 0 aliphatic carbocycles. The van der Waals surface area contributed by atoms with Crippen LogP contribution in [0.3, 0.4) is 0 Å². The molecule has 10 nitrogen and oxygen atoms in total. The van der Waals surface area contributed by atoms with Crippen LogP contribution in [0, 0.1) is 6.92 Å². The fourth-order valence-corrected chi connectivity index (χ4v) is 6.27. The number of carbonyl (C=O) groups excluding carboxylic acids is 3. The van der Waals surface area contributed by atoms with Gasteiger partial charge in [0.2, 0.25) is 0 Å². The third-order valence-corrected chi connectivity index (χ3v) is 8.69. The summed E-state index contributed by atoms with van der Waals surface area (Å²) in [6.45, 7) is 5.65. The predicted molar refractivity (Wildman–Crippen MR) is 189 cm³/mol. The van der Waals surface area contributed by atoms with Gasteiger partial charge in [0.15, 0.2) is 0 Å². The van der Waals surface area contributed by atoms with Gasteiger partial charge in [-0.3, -0.25) is 19.7 Å². The number of rotatable bonds is 6. The number of hydrogen-bond acceptors (Lipinski definition) is 7. The zero-order chi connectivity index (χ0) is 34.5. The zero-order valence-corrected chi connectivity index (χ0v) is 27.6. The molecule has 0 unspecified atom stereocenters. The number of aromatic nitrogens is 1. The highest BCUT2D eigenvalue weighted by molar-refractivity contribution is 5.91. The molecule has 5 aromatic rings. The molecule has 2 aliphatic rings. The lowest BCUT2D eigenvalue weighted by atomic mass is 9.92. The normalized spacial score (nSPS) is 16.6. The van der Waals surface area contributed by atoms with Gasteiger partial charge in [0.1, 0.15) is 12.6 Å². The van der Waals surface area contributed by atoms with Crippen LogP contribution in [0.4, 0.5) is 16.2 Å². The Morgan fingerprint density at radius 2 is 1.80 bits per heavy atom. The van der Waals surface area contributed by atoms with Crippen LogP contribution in [0.25, 0.3) is 21.9 Å². The van der Waals surface area contributed by atoms with Crippen LogP contribution in [0.15, 0.2) is 102 Å². The topological polar surface area (TPSA) is 130 Å². The van der Waals surface area contributed by atoms with Crippen molar-refractivity contribution < 1.29 is 23.9 Å². The maximum atomic E-state index is 14.9. The Hall–Kier alpha value is -5.90. The fourth-order valence-electron chi connectivity index (χ4n) is 6.27. The molecule has 0 radical (unpaired) electrons. The Morgan fingerprint density at radius 1 is 0.980 bits per heavy atom. The number of anilines is 2. The molecule has 3 heterocycles. The largest absolute Gasteiger partial charge is 0.465 e. The molecule has 10 heteroatoms. The molecule has 0 fully saturated rings. The summed E-state index contributed by atoms with van der Waals surface area (Å²) >= 11 is 0. The summed E-state index contributed by atoms with van der Waals surface area (Å²) in [6, 6.07) is 27.1. The van der Waals surface area contributed by atoms with Gasteiger partial charge in [0.05, 0.1) is 13.2 Å². The van der Waals surface area contributed by atoms with E-state index in [1.807, 2.05) is 86.6 Å². The number of aromatic amines is 1. The molecule has 49 heavy (non-hydrogen) atoms. The average Bonchev–Trinajstić information content (AvgIpc) is 3.09. The van der Waals surface area contributed by atoms with Gasteiger partial charge < -0.3 is 24.7 Å². The van der Waals surface area contributed by atoms with E-state index in [4.69, 9.17) is 9.47 Å². The molecule has 4 bridgehead atoms. The third-order valence-electron chi connectivity index (χ3n) is 8.69. The van der Waals surface area contributed by atoms with Crippen molar-refractivity contribution in [1.29, 1.82) is 0 Å². The lowest BCUT2D eigenvalue weighted by Gasteiger charge is -2.30. The van der Waals surface area contributed by atoms with Crippen molar-refractivity contribution in [3.05, 3.63) is 130 Å². The summed E-state index contributed by atoms with van der Waals surface area (Å²) in [5.41, 5.74) is 5.77. The van der Waals surface area contributed by atoms with Gasteiger partial charge in [-0.2, -0.15) is 0 Å². The number of pyridine rings is 1. The van der Waals surface area contributed by atoms with Gasteiger partial charge >= 0.3 is 12.1 Å². The van der Waals surface area contributed by atoms with Crippen LogP contribution >= 0.6 is 0 Å². The maximum Gasteiger partial charge on any atom is 0.411 e. The lowest BCUT2D eigenvalue weighted by molar-refractivity contribution is -0.149. The Bertz CT molecular complexity index is 2080. The molecular formula is C39H38N4O6. The van der Waals surface area contributed by atoms with Crippen molar-refractivity contribution in [2.75, 3.05) is 30.4 Å². The van der Waals surface area contributed by atoms with Crippen LogP contribution in [-0.4, -0.2) is 47.6 Å². The number of nitrogens with zero attached hydrogens (tertiary/aromatic N) is 1. The van der Waals surface area contributed by atoms with E-state index < -0.39 is 18.1 Å². The minimum absolute atomic E-state index is 0.0239. The van der Waals surface area contributed by atoms with Crippen LogP contribution in [0.5, 0.6) is 0 Å². The minimum Gasteiger partial charge on any atom is -0.465 e. The van der Waals surface area contributed by atoms with Gasteiger partial charge in [-0.15, -0.1) is 0 Å². The quantitative estimate of drug-likeness (QED) is 0.169. The van der Waals surface area contributed by atoms with Gasteiger partial charge in [0, 0.05) is 35.4 Å². The number of ether oxygens (including phenoxy) is 2. The van der Waals surface area contributed by atoms with Crippen LogP contribution in [0.2, 0.25) is 0 Å². The first-order valence-electron chi connectivity index (χ1n) is 16.2. The highest BCUT2D eigenvalue weighted by Gasteiger charge is 2.30. The number of carbonyl (C=O) groups is 3. The van der Waals surface area contributed by atoms with Crippen LogP contribution in [-0.2, 0) is 25.6 Å². The molecule has 0 saturated heterocycles.